The predicted octanol–water partition coefficient (Wildman–Crippen LogP) is 2.47. The first-order chi connectivity index (χ1) is 5.40. The third-order valence-electron chi connectivity index (χ3n) is 1.13. The van der Waals surface area contributed by atoms with Gasteiger partial charge in [-0.05, 0) is 20.8 Å². The summed E-state index contributed by atoms with van der Waals surface area (Å²) in [5.41, 5.74) is -3.10. The van der Waals surface area contributed by atoms with Crippen LogP contribution in [0.5, 0.6) is 0 Å². The molecule has 0 heterocycles. The van der Waals surface area contributed by atoms with E-state index >= 15 is 0 Å². The van der Waals surface area contributed by atoms with Gasteiger partial charge in [-0.25, -0.2) is 9.18 Å². The SMILES string of the molecule is CCOC(=O)OC(C)(C)C(F)Cl. The molecule has 0 aromatic heterocycles. The van der Waals surface area contributed by atoms with Gasteiger partial charge < -0.3 is 9.47 Å². The Bertz CT molecular complexity index is 159. The lowest BCUT2D eigenvalue weighted by molar-refractivity contribution is -0.0354. The summed E-state index contributed by atoms with van der Waals surface area (Å²) >= 11 is 5.11. The van der Waals surface area contributed by atoms with Crippen molar-refractivity contribution in [1.82, 2.24) is 0 Å². The van der Waals surface area contributed by atoms with E-state index < -0.39 is 17.4 Å². The summed E-state index contributed by atoms with van der Waals surface area (Å²) in [6.07, 6.45) is -0.911. The van der Waals surface area contributed by atoms with Crippen LogP contribution in [0.2, 0.25) is 0 Å². The molecule has 0 aliphatic rings. The Morgan fingerprint density at radius 1 is 1.67 bits per heavy atom. The summed E-state index contributed by atoms with van der Waals surface area (Å²) in [6.45, 7) is 4.54. The van der Waals surface area contributed by atoms with Gasteiger partial charge >= 0.3 is 6.16 Å². The molecule has 5 heteroatoms. The standard InChI is InChI=1S/C7H12ClFO3/c1-4-11-6(10)12-7(2,3)5(8)9/h5H,4H2,1-3H3. The number of halogens is 2. The highest BCUT2D eigenvalue weighted by atomic mass is 35.5. The Morgan fingerprint density at radius 3 is 2.50 bits per heavy atom. The molecule has 0 amide bonds. The highest BCUT2D eigenvalue weighted by Gasteiger charge is 2.32. The lowest BCUT2D eigenvalue weighted by atomic mass is 10.2. The predicted molar refractivity (Wildman–Crippen MR) is 42.9 cm³/mol. The summed E-state index contributed by atoms with van der Waals surface area (Å²) in [6, 6.07) is 0. The van der Waals surface area contributed by atoms with E-state index in [1.807, 2.05) is 0 Å². The third-order valence-corrected chi connectivity index (χ3v) is 1.66. The zero-order valence-corrected chi connectivity index (χ0v) is 8.02. The molecule has 0 aliphatic heterocycles. The second-order valence-corrected chi connectivity index (χ2v) is 3.07. The van der Waals surface area contributed by atoms with Crippen LogP contribution >= 0.6 is 11.6 Å². The summed E-state index contributed by atoms with van der Waals surface area (Å²) in [5.74, 6) is 0. The quantitative estimate of drug-likeness (QED) is 0.516. The molecular weight excluding hydrogens is 187 g/mol. The molecule has 1 atom stereocenters. The maximum absolute atomic E-state index is 12.5. The van der Waals surface area contributed by atoms with Crippen molar-refractivity contribution >= 4 is 17.8 Å². The number of hydrogen-bond acceptors (Lipinski definition) is 3. The average molecular weight is 199 g/mol. The Labute approximate surface area is 75.8 Å². The average Bonchev–Trinajstić information content (AvgIpc) is 1.85. The topological polar surface area (TPSA) is 35.5 Å². The van der Waals surface area contributed by atoms with Crippen molar-refractivity contribution in [2.45, 2.75) is 32.0 Å². The van der Waals surface area contributed by atoms with Crippen molar-refractivity contribution in [2.24, 2.45) is 0 Å². The van der Waals surface area contributed by atoms with Crippen molar-refractivity contribution in [2.75, 3.05) is 6.61 Å². The molecule has 0 rings (SSSR count). The Morgan fingerprint density at radius 2 is 2.17 bits per heavy atom. The molecule has 0 saturated heterocycles. The summed E-state index contributed by atoms with van der Waals surface area (Å²) in [7, 11) is 0. The van der Waals surface area contributed by atoms with E-state index in [0.717, 1.165) is 0 Å². The Hall–Kier alpha value is -0.510. The van der Waals surface area contributed by atoms with Crippen LogP contribution in [0.1, 0.15) is 20.8 Å². The molecule has 0 fully saturated rings. The fourth-order valence-corrected chi connectivity index (χ4v) is 0.451. The van der Waals surface area contributed by atoms with Crippen molar-refractivity contribution in [3.8, 4) is 0 Å². The Balaban J connectivity index is 3.97. The third kappa shape index (κ3) is 3.76. The second-order valence-electron chi connectivity index (χ2n) is 2.69. The molecule has 0 aromatic rings. The fraction of sp³-hybridized carbons (Fsp3) is 0.857. The molecule has 12 heavy (non-hydrogen) atoms. The molecule has 1 unspecified atom stereocenters. The monoisotopic (exact) mass is 198 g/mol. The van der Waals surface area contributed by atoms with Crippen molar-refractivity contribution in [3.05, 3.63) is 0 Å². The number of carbonyl (C=O) groups excluding carboxylic acids is 1. The van der Waals surface area contributed by atoms with Crippen LogP contribution in [0.25, 0.3) is 0 Å². The molecule has 0 N–H and O–H groups in total. The summed E-state index contributed by atoms with van der Waals surface area (Å²) < 4.78 is 21.5. The van der Waals surface area contributed by atoms with Crippen LogP contribution in [0, 0.1) is 0 Å². The smallest absolute Gasteiger partial charge is 0.435 e. The van der Waals surface area contributed by atoms with Gasteiger partial charge in [-0.1, -0.05) is 11.6 Å². The first-order valence-corrected chi connectivity index (χ1v) is 3.97. The van der Waals surface area contributed by atoms with Gasteiger partial charge in [0.15, 0.2) is 5.60 Å². The van der Waals surface area contributed by atoms with Gasteiger partial charge in [-0.3, -0.25) is 0 Å². The maximum atomic E-state index is 12.5. The lowest BCUT2D eigenvalue weighted by Crippen LogP contribution is -2.35. The molecule has 0 radical (unpaired) electrons. The first kappa shape index (κ1) is 11.5. The van der Waals surface area contributed by atoms with Crippen LogP contribution in [0.3, 0.4) is 0 Å². The van der Waals surface area contributed by atoms with Crippen molar-refractivity contribution in [1.29, 1.82) is 0 Å². The number of alkyl halides is 2. The van der Waals surface area contributed by atoms with E-state index in [2.05, 4.69) is 9.47 Å². The Kier molecular flexibility index (Phi) is 4.31. The molecule has 0 aromatic carbocycles. The molecule has 3 nitrogen and oxygen atoms in total. The zero-order valence-electron chi connectivity index (χ0n) is 7.27. The minimum absolute atomic E-state index is 0.189. The molecular formula is C7H12ClFO3. The van der Waals surface area contributed by atoms with Gasteiger partial charge in [0.2, 0.25) is 5.63 Å². The highest BCUT2D eigenvalue weighted by molar-refractivity contribution is 6.20. The number of rotatable bonds is 3. The molecule has 0 saturated carbocycles. The van der Waals surface area contributed by atoms with E-state index in [0.29, 0.717) is 0 Å². The normalized spacial score (nSPS) is 13.8. The molecule has 0 bridgehead atoms. The van der Waals surface area contributed by atoms with Crippen LogP contribution < -0.4 is 0 Å². The van der Waals surface area contributed by atoms with E-state index in [1.165, 1.54) is 13.8 Å². The van der Waals surface area contributed by atoms with Gasteiger partial charge in [0.25, 0.3) is 0 Å². The number of hydrogen-bond donors (Lipinski definition) is 0. The van der Waals surface area contributed by atoms with Gasteiger partial charge in [-0.15, -0.1) is 0 Å². The molecule has 0 aliphatic carbocycles. The van der Waals surface area contributed by atoms with Crippen molar-refractivity contribution in [3.63, 3.8) is 0 Å². The number of carbonyl (C=O) groups is 1. The highest BCUT2D eigenvalue weighted by Crippen LogP contribution is 2.21. The van der Waals surface area contributed by atoms with E-state index in [1.54, 1.807) is 6.92 Å². The van der Waals surface area contributed by atoms with Crippen molar-refractivity contribution < 1.29 is 18.7 Å². The molecule has 72 valence electrons. The van der Waals surface area contributed by atoms with Crippen LogP contribution in [0.15, 0.2) is 0 Å². The minimum Gasteiger partial charge on any atom is -0.435 e. The summed E-state index contributed by atoms with van der Waals surface area (Å²) in [4.78, 5) is 10.7. The zero-order chi connectivity index (χ0) is 9.78. The lowest BCUT2D eigenvalue weighted by Gasteiger charge is -2.23. The van der Waals surface area contributed by atoms with Gasteiger partial charge in [0, 0.05) is 0 Å². The van der Waals surface area contributed by atoms with E-state index in [9.17, 15) is 9.18 Å². The largest absolute Gasteiger partial charge is 0.508 e. The second kappa shape index (κ2) is 4.50. The molecule has 0 spiro atoms. The van der Waals surface area contributed by atoms with E-state index in [4.69, 9.17) is 11.6 Å². The number of ether oxygens (including phenoxy) is 2. The van der Waals surface area contributed by atoms with E-state index in [-0.39, 0.29) is 6.61 Å². The van der Waals surface area contributed by atoms with Crippen LogP contribution in [-0.2, 0) is 9.47 Å². The van der Waals surface area contributed by atoms with Crippen LogP contribution in [-0.4, -0.2) is 24.0 Å². The minimum atomic E-state index is -1.75. The van der Waals surface area contributed by atoms with Gasteiger partial charge in [-0.2, -0.15) is 0 Å². The fourth-order valence-electron chi connectivity index (χ4n) is 0.407. The first-order valence-electron chi connectivity index (χ1n) is 3.54. The van der Waals surface area contributed by atoms with Gasteiger partial charge in [0.05, 0.1) is 6.61 Å². The van der Waals surface area contributed by atoms with Crippen LogP contribution in [0.4, 0.5) is 9.18 Å². The maximum Gasteiger partial charge on any atom is 0.508 e. The summed E-state index contributed by atoms with van der Waals surface area (Å²) in [5, 5.41) is 0. The van der Waals surface area contributed by atoms with Gasteiger partial charge in [0.1, 0.15) is 0 Å².